The molecule has 1 aromatic carbocycles. The SMILES string of the molecule is CCOC(=O)N(C)Cc1ccc(N2CCNCC2)c(F)c1. The summed E-state index contributed by atoms with van der Waals surface area (Å²) in [7, 11) is 1.64. The van der Waals surface area contributed by atoms with Crippen LogP contribution in [0.15, 0.2) is 18.2 Å². The van der Waals surface area contributed by atoms with Gasteiger partial charge in [-0.25, -0.2) is 9.18 Å². The number of carbonyl (C=O) groups excluding carboxylic acids is 1. The minimum Gasteiger partial charge on any atom is -0.450 e. The van der Waals surface area contributed by atoms with Gasteiger partial charge in [0.05, 0.1) is 12.3 Å². The lowest BCUT2D eigenvalue weighted by Gasteiger charge is -2.30. The second kappa shape index (κ2) is 7.26. The average Bonchev–Trinajstić information content (AvgIpc) is 2.48. The van der Waals surface area contributed by atoms with Gasteiger partial charge in [0.2, 0.25) is 0 Å². The molecule has 0 saturated carbocycles. The van der Waals surface area contributed by atoms with Crippen LogP contribution in [0.5, 0.6) is 0 Å². The van der Waals surface area contributed by atoms with Gasteiger partial charge in [-0.3, -0.25) is 0 Å². The Bertz CT molecular complexity index is 490. The highest BCUT2D eigenvalue weighted by Crippen LogP contribution is 2.21. The monoisotopic (exact) mass is 295 g/mol. The van der Waals surface area contributed by atoms with E-state index in [9.17, 15) is 9.18 Å². The minimum absolute atomic E-state index is 0.244. The number of rotatable bonds is 4. The zero-order valence-corrected chi connectivity index (χ0v) is 12.6. The molecular weight excluding hydrogens is 273 g/mol. The van der Waals surface area contributed by atoms with E-state index in [1.165, 1.54) is 11.0 Å². The quantitative estimate of drug-likeness (QED) is 0.920. The second-order valence-corrected chi connectivity index (χ2v) is 5.08. The summed E-state index contributed by atoms with van der Waals surface area (Å²) in [6.45, 7) is 5.77. The maximum absolute atomic E-state index is 14.2. The Morgan fingerprint density at radius 3 is 2.76 bits per heavy atom. The Kier molecular flexibility index (Phi) is 5.38. The van der Waals surface area contributed by atoms with Crippen molar-refractivity contribution in [2.24, 2.45) is 0 Å². The van der Waals surface area contributed by atoms with Crippen molar-refractivity contribution in [3.8, 4) is 0 Å². The first-order valence-corrected chi connectivity index (χ1v) is 7.23. The molecule has 21 heavy (non-hydrogen) atoms. The number of hydrogen-bond donors (Lipinski definition) is 1. The van der Waals surface area contributed by atoms with Crippen molar-refractivity contribution in [1.82, 2.24) is 10.2 Å². The van der Waals surface area contributed by atoms with Gasteiger partial charge in [0.25, 0.3) is 0 Å². The van der Waals surface area contributed by atoms with Crippen LogP contribution in [-0.2, 0) is 11.3 Å². The molecule has 2 rings (SSSR count). The van der Waals surface area contributed by atoms with Gasteiger partial charge in [-0.2, -0.15) is 0 Å². The molecule has 1 aliphatic heterocycles. The Morgan fingerprint density at radius 2 is 2.14 bits per heavy atom. The second-order valence-electron chi connectivity index (χ2n) is 5.08. The van der Waals surface area contributed by atoms with Crippen molar-refractivity contribution in [3.05, 3.63) is 29.6 Å². The van der Waals surface area contributed by atoms with Gasteiger partial charge in [-0.1, -0.05) is 6.07 Å². The molecule has 116 valence electrons. The molecule has 1 aromatic rings. The van der Waals surface area contributed by atoms with Crippen molar-refractivity contribution >= 4 is 11.8 Å². The van der Waals surface area contributed by atoms with Crippen LogP contribution in [0.1, 0.15) is 12.5 Å². The topological polar surface area (TPSA) is 44.8 Å². The van der Waals surface area contributed by atoms with Gasteiger partial charge in [0, 0.05) is 39.8 Å². The van der Waals surface area contributed by atoms with Crippen molar-refractivity contribution < 1.29 is 13.9 Å². The lowest BCUT2D eigenvalue weighted by molar-refractivity contribution is 0.114. The number of amides is 1. The lowest BCUT2D eigenvalue weighted by atomic mass is 10.1. The van der Waals surface area contributed by atoms with Crippen LogP contribution in [0, 0.1) is 5.82 Å². The van der Waals surface area contributed by atoms with Crippen LogP contribution in [0.4, 0.5) is 14.9 Å². The molecule has 1 amide bonds. The molecule has 1 saturated heterocycles. The number of carbonyl (C=O) groups is 1. The van der Waals surface area contributed by atoms with Crippen LogP contribution < -0.4 is 10.2 Å². The minimum atomic E-state index is -0.399. The van der Waals surface area contributed by atoms with Crippen molar-refractivity contribution in [2.75, 3.05) is 44.7 Å². The van der Waals surface area contributed by atoms with E-state index in [-0.39, 0.29) is 5.82 Å². The van der Waals surface area contributed by atoms with E-state index < -0.39 is 6.09 Å². The predicted octanol–water partition coefficient (Wildman–Crippen LogP) is 1.82. The van der Waals surface area contributed by atoms with Gasteiger partial charge in [0.15, 0.2) is 0 Å². The molecular formula is C15H22FN3O2. The smallest absolute Gasteiger partial charge is 0.409 e. The van der Waals surface area contributed by atoms with Crippen molar-refractivity contribution in [2.45, 2.75) is 13.5 Å². The Labute approximate surface area is 124 Å². The standard InChI is InChI=1S/C15H22FN3O2/c1-3-21-15(20)18(2)11-12-4-5-14(13(16)10-12)19-8-6-17-7-9-19/h4-5,10,17H,3,6-9,11H2,1-2H3. The fraction of sp³-hybridized carbons (Fsp3) is 0.533. The van der Waals surface area contributed by atoms with E-state index >= 15 is 0 Å². The maximum Gasteiger partial charge on any atom is 0.409 e. The van der Waals surface area contributed by atoms with Crippen LogP contribution in [0.3, 0.4) is 0 Å². The van der Waals surface area contributed by atoms with Gasteiger partial charge in [0.1, 0.15) is 5.82 Å². The van der Waals surface area contributed by atoms with Crippen LogP contribution in [0.25, 0.3) is 0 Å². The third-order valence-corrected chi connectivity index (χ3v) is 3.47. The molecule has 0 aromatic heterocycles. The third kappa shape index (κ3) is 4.07. The molecule has 1 heterocycles. The summed E-state index contributed by atoms with van der Waals surface area (Å²) in [5, 5.41) is 3.24. The fourth-order valence-corrected chi connectivity index (χ4v) is 2.38. The number of hydrogen-bond acceptors (Lipinski definition) is 4. The highest BCUT2D eigenvalue weighted by atomic mass is 19.1. The maximum atomic E-state index is 14.2. The predicted molar refractivity (Wildman–Crippen MR) is 80.0 cm³/mol. The molecule has 6 heteroatoms. The molecule has 0 unspecified atom stereocenters. The number of anilines is 1. The summed E-state index contributed by atoms with van der Waals surface area (Å²) in [5.74, 6) is -0.244. The van der Waals surface area contributed by atoms with Gasteiger partial charge < -0.3 is 19.9 Å². The molecule has 0 bridgehead atoms. The van der Waals surface area contributed by atoms with Gasteiger partial charge >= 0.3 is 6.09 Å². The number of halogens is 1. The Balaban J connectivity index is 2.03. The number of ether oxygens (including phenoxy) is 1. The normalized spacial score (nSPS) is 14.9. The van der Waals surface area contributed by atoms with E-state index in [0.29, 0.717) is 18.8 Å². The van der Waals surface area contributed by atoms with Gasteiger partial charge in [-0.05, 0) is 24.6 Å². The van der Waals surface area contributed by atoms with Crippen molar-refractivity contribution in [1.29, 1.82) is 0 Å². The summed E-state index contributed by atoms with van der Waals surface area (Å²) >= 11 is 0. The highest BCUT2D eigenvalue weighted by Gasteiger charge is 2.16. The number of nitrogens with zero attached hydrogens (tertiary/aromatic N) is 2. The largest absolute Gasteiger partial charge is 0.450 e. The average molecular weight is 295 g/mol. The van der Waals surface area contributed by atoms with Crippen LogP contribution in [-0.4, -0.2) is 50.8 Å². The fourth-order valence-electron chi connectivity index (χ4n) is 2.38. The van der Waals surface area contributed by atoms with E-state index in [1.807, 2.05) is 11.0 Å². The molecule has 1 N–H and O–H groups in total. The first-order valence-electron chi connectivity index (χ1n) is 7.23. The summed E-state index contributed by atoms with van der Waals surface area (Å²) in [5.41, 5.74) is 1.38. The van der Waals surface area contributed by atoms with Crippen molar-refractivity contribution in [3.63, 3.8) is 0 Å². The zero-order valence-electron chi connectivity index (χ0n) is 12.6. The van der Waals surface area contributed by atoms with Gasteiger partial charge in [-0.15, -0.1) is 0 Å². The first kappa shape index (κ1) is 15.6. The Hall–Kier alpha value is -1.82. The molecule has 1 fully saturated rings. The third-order valence-electron chi connectivity index (χ3n) is 3.47. The molecule has 0 radical (unpaired) electrons. The lowest BCUT2D eigenvalue weighted by Crippen LogP contribution is -2.43. The molecule has 0 spiro atoms. The van der Waals surface area contributed by atoms with E-state index in [1.54, 1.807) is 20.0 Å². The highest BCUT2D eigenvalue weighted by molar-refractivity contribution is 5.67. The van der Waals surface area contributed by atoms with Crippen LogP contribution in [0.2, 0.25) is 0 Å². The molecule has 0 atom stereocenters. The molecule has 0 aliphatic carbocycles. The summed E-state index contributed by atoms with van der Waals surface area (Å²) in [6.07, 6.45) is -0.399. The number of benzene rings is 1. The summed E-state index contributed by atoms with van der Waals surface area (Å²) in [6, 6.07) is 5.14. The molecule has 1 aliphatic rings. The van der Waals surface area contributed by atoms with E-state index in [0.717, 1.165) is 31.7 Å². The zero-order chi connectivity index (χ0) is 15.2. The number of nitrogens with one attached hydrogen (secondary N) is 1. The number of piperazine rings is 1. The van der Waals surface area contributed by atoms with Crippen LogP contribution >= 0.6 is 0 Å². The molecule has 5 nitrogen and oxygen atoms in total. The first-order chi connectivity index (χ1) is 10.1. The summed E-state index contributed by atoms with van der Waals surface area (Å²) < 4.78 is 19.1. The Morgan fingerprint density at radius 1 is 1.43 bits per heavy atom. The summed E-state index contributed by atoms with van der Waals surface area (Å²) in [4.78, 5) is 15.0. The van der Waals surface area contributed by atoms with E-state index in [4.69, 9.17) is 4.74 Å². The van der Waals surface area contributed by atoms with E-state index in [2.05, 4.69) is 5.32 Å².